The highest BCUT2D eigenvalue weighted by Gasteiger charge is 2.21. The maximum Gasteiger partial charge on any atom is 0.210 e. The molecule has 0 fully saturated rings. The number of sulfone groups is 1. The lowest BCUT2D eigenvalue weighted by Gasteiger charge is -2.07. The van der Waals surface area contributed by atoms with Gasteiger partial charge in [0.15, 0.2) is 0 Å². The van der Waals surface area contributed by atoms with Gasteiger partial charge in [-0.05, 0) is 36.8 Å². The number of phenols is 2. The van der Waals surface area contributed by atoms with Gasteiger partial charge in [-0.25, -0.2) is 8.42 Å². The zero-order valence-electron chi connectivity index (χ0n) is 9.66. The maximum absolute atomic E-state index is 12.2. The minimum absolute atomic E-state index is 0.0490. The van der Waals surface area contributed by atoms with Gasteiger partial charge in [-0.15, -0.1) is 0 Å². The normalized spacial score (nSPS) is 11.4. The molecule has 0 atom stereocenters. The van der Waals surface area contributed by atoms with E-state index in [2.05, 4.69) is 0 Å². The highest BCUT2D eigenvalue weighted by Crippen LogP contribution is 2.30. The molecule has 0 unspecified atom stereocenters. The van der Waals surface area contributed by atoms with Crippen LogP contribution in [0.15, 0.2) is 52.3 Å². The Labute approximate surface area is 105 Å². The molecule has 0 heterocycles. The van der Waals surface area contributed by atoms with Crippen molar-refractivity contribution in [2.75, 3.05) is 0 Å². The van der Waals surface area contributed by atoms with Gasteiger partial charge in [-0.3, -0.25) is 0 Å². The Balaban J connectivity index is 2.62. The minimum atomic E-state index is -3.82. The molecular weight excluding hydrogens is 252 g/mol. The molecule has 0 bridgehead atoms. The monoisotopic (exact) mass is 264 g/mol. The van der Waals surface area contributed by atoms with Crippen molar-refractivity contribution >= 4 is 9.84 Å². The summed E-state index contributed by atoms with van der Waals surface area (Å²) in [5, 5.41) is 19.1. The zero-order chi connectivity index (χ0) is 13.3. The molecule has 2 aromatic rings. The quantitative estimate of drug-likeness (QED) is 0.872. The van der Waals surface area contributed by atoms with Crippen LogP contribution in [0.2, 0.25) is 0 Å². The molecule has 0 amide bonds. The van der Waals surface area contributed by atoms with Crippen molar-refractivity contribution in [2.45, 2.75) is 16.7 Å². The molecule has 0 aliphatic rings. The van der Waals surface area contributed by atoms with E-state index < -0.39 is 9.84 Å². The number of hydrogen-bond donors (Lipinski definition) is 2. The minimum Gasteiger partial charge on any atom is -0.508 e. The summed E-state index contributed by atoms with van der Waals surface area (Å²) in [6.45, 7) is 1.67. The number of rotatable bonds is 2. The summed E-state index contributed by atoms with van der Waals surface area (Å²) < 4.78 is 24.5. The molecule has 4 nitrogen and oxygen atoms in total. The molecule has 2 aromatic carbocycles. The van der Waals surface area contributed by atoms with Crippen LogP contribution in [-0.2, 0) is 9.84 Å². The van der Waals surface area contributed by atoms with E-state index in [9.17, 15) is 18.6 Å². The second-order valence-corrected chi connectivity index (χ2v) is 5.84. The molecule has 0 saturated carbocycles. The predicted octanol–water partition coefficient (Wildman–Crippen LogP) is 2.24. The van der Waals surface area contributed by atoms with Crippen molar-refractivity contribution < 1.29 is 18.6 Å². The molecule has 18 heavy (non-hydrogen) atoms. The first kappa shape index (κ1) is 12.4. The van der Waals surface area contributed by atoms with E-state index in [-0.39, 0.29) is 21.3 Å². The van der Waals surface area contributed by atoms with Crippen LogP contribution in [-0.4, -0.2) is 18.6 Å². The first-order valence-electron chi connectivity index (χ1n) is 5.25. The van der Waals surface area contributed by atoms with Crippen molar-refractivity contribution in [2.24, 2.45) is 0 Å². The Morgan fingerprint density at radius 1 is 0.944 bits per heavy atom. The largest absolute Gasteiger partial charge is 0.508 e. The first-order chi connectivity index (χ1) is 8.43. The van der Waals surface area contributed by atoms with Crippen LogP contribution < -0.4 is 0 Å². The standard InChI is InChI=1S/C13H12O4S/c1-9-6-7-10(8-12(9)15)18(16,17)13-5-3-2-4-11(13)14/h2-8,14-15H,1H3. The van der Waals surface area contributed by atoms with Crippen molar-refractivity contribution in [1.29, 1.82) is 0 Å². The van der Waals surface area contributed by atoms with Gasteiger partial charge in [0, 0.05) is 0 Å². The first-order valence-corrected chi connectivity index (χ1v) is 6.74. The van der Waals surface area contributed by atoms with Gasteiger partial charge in [-0.1, -0.05) is 18.2 Å². The SMILES string of the molecule is Cc1ccc(S(=O)(=O)c2ccccc2O)cc1O. The molecular formula is C13H12O4S. The summed E-state index contributed by atoms with van der Waals surface area (Å²) >= 11 is 0. The molecule has 0 radical (unpaired) electrons. The summed E-state index contributed by atoms with van der Waals surface area (Å²) in [4.78, 5) is -0.222. The van der Waals surface area contributed by atoms with Gasteiger partial charge in [-0.2, -0.15) is 0 Å². The van der Waals surface area contributed by atoms with E-state index in [0.717, 1.165) is 0 Å². The summed E-state index contributed by atoms with van der Waals surface area (Å²) in [6.07, 6.45) is 0. The summed E-state index contributed by atoms with van der Waals surface area (Å²) in [5.41, 5.74) is 0.589. The summed E-state index contributed by atoms with van der Waals surface area (Å²) in [7, 11) is -3.82. The number of aryl methyl sites for hydroxylation is 1. The van der Waals surface area contributed by atoms with Gasteiger partial charge in [0.05, 0.1) is 4.90 Å². The van der Waals surface area contributed by atoms with Gasteiger partial charge in [0.25, 0.3) is 0 Å². The van der Waals surface area contributed by atoms with E-state index in [4.69, 9.17) is 0 Å². The number of phenolic OH excluding ortho intramolecular Hbond substituents is 2. The molecule has 2 rings (SSSR count). The molecule has 0 aliphatic carbocycles. The highest BCUT2D eigenvalue weighted by atomic mass is 32.2. The Morgan fingerprint density at radius 3 is 2.22 bits per heavy atom. The van der Waals surface area contributed by atoms with E-state index >= 15 is 0 Å². The third-order valence-electron chi connectivity index (χ3n) is 2.65. The molecule has 0 aromatic heterocycles. The smallest absolute Gasteiger partial charge is 0.210 e. The van der Waals surface area contributed by atoms with Crippen LogP contribution in [0.25, 0.3) is 0 Å². The van der Waals surface area contributed by atoms with Gasteiger partial charge >= 0.3 is 0 Å². The summed E-state index contributed by atoms with van der Waals surface area (Å²) in [6, 6.07) is 9.79. The van der Waals surface area contributed by atoms with Crippen molar-refractivity contribution in [3.63, 3.8) is 0 Å². The fraction of sp³-hybridized carbons (Fsp3) is 0.0769. The Bertz CT molecular complexity index is 690. The van der Waals surface area contributed by atoms with Crippen LogP contribution in [0, 0.1) is 6.92 Å². The average Bonchev–Trinajstić information content (AvgIpc) is 2.33. The second-order valence-electron chi connectivity index (χ2n) is 3.92. The molecule has 94 valence electrons. The third kappa shape index (κ3) is 2.04. The van der Waals surface area contributed by atoms with Crippen LogP contribution >= 0.6 is 0 Å². The van der Waals surface area contributed by atoms with Crippen molar-refractivity contribution in [3.05, 3.63) is 48.0 Å². The number of hydrogen-bond acceptors (Lipinski definition) is 4. The maximum atomic E-state index is 12.2. The number of aromatic hydroxyl groups is 2. The lowest BCUT2D eigenvalue weighted by atomic mass is 10.2. The third-order valence-corrected chi connectivity index (χ3v) is 4.44. The van der Waals surface area contributed by atoms with Crippen LogP contribution in [0.3, 0.4) is 0 Å². The number of benzene rings is 2. The van der Waals surface area contributed by atoms with Gasteiger partial charge in [0.2, 0.25) is 9.84 Å². The lowest BCUT2D eigenvalue weighted by molar-refractivity contribution is 0.458. The van der Waals surface area contributed by atoms with Crippen LogP contribution in [0.1, 0.15) is 5.56 Å². The van der Waals surface area contributed by atoms with E-state index in [0.29, 0.717) is 5.56 Å². The Hall–Kier alpha value is -2.01. The fourth-order valence-electron chi connectivity index (χ4n) is 1.57. The van der Waals surface area contributed by atoms with E-state index in [1.54, 1.807) is 13.0 Å². The summed E-state index contributed by atoms with van der Waals surface area (Å²) in [5.74, 6) is -0.399. The van der Waals surface area contributed by atoms with E-state index in [1.807, 2.05) is 0 Å². The van der Waals surface area contributed by atoms with Crippen molar-refractivity contribution in [3.8, 4) is 11.5 Å². The predicted molar refractivity (Wildman–Crippen MR) is 66.4 cm³/mol. The number of para-hydroxylation sites is 1. The molecule has 2 N–H and O–H groups in total. The molecule has 0 spiro atoms. The Morgan fingerprint density at radius 2 is 1.61 bits per heavy atom. The fourth-order valence-corrected chi connectivity index (χ4v) is 2.94. The Kier molecular flexibility index (Phi) is 3.00. The molecule has 5 heteroatoms. The van der Waals surface area contributed by atoms with E-state index in [1.165, 1.54) is 36.4 Å². The van der Waals surface area contributed by atoms with Gasteiger partial charge < -0.3 is 10.2 Å². The average molecular weight is 264 g/mol. The van der Waals surface area contributed by atoms with Crippen molar-refractivity contribution in [1.82, 2.24) is 0 Å². The highest BCUT2D eigenvalue weighted by molar-refractivity contribution is 7.91. The lowest BCUT2D eigenvalue weighted by Crippen LogP contribution is -2.02. The molecule has 0 aliphatic heterocycles. The molecule has 0 saturated heterocycles. The zero-order valence-corrected chi connectivity index (χ0v) is 10.5. The van der Waals surface area contributed by atoms with Crippen LogP contribution in [0.4, 0.5) is 0 Å². The van der Waals surface area contributed by atoms with Gasteiger partial charge in [0.1, 0.15) is 16.4 Å². The topological polar surface area (TPSA) is 74.6 Å². The van der Waals surface area contributed by atoms with Crippen LogP contribution in [0.5, 0.6) is 11.5 Å². The second kappa shape index (κ2) is 4.34.